The topological polar surface area (TPSA) is 24.1 Å². The van der Waals surface area contributed by atoms with Gasteiger partial charge in [-0.1, -0.05) is 13.0 Å². The minimum absolute atomic E-state index is 0.496. The molecule has 0 saturated heterocycles. The van der Waals surface area contributed by atoms with Gasteiger partial charge in [-0.25, -0.2) is 0 Å². The van der Waals surface area contributed by atoms with E-state index in [1.165, 1.54) is 25.7 Å². The van der Waals surface area contributed by atoms with Crippen molar-refractivity contribution in [3.05, 3.63) is 12.7 Å². The van der Waals surface area contributed by atoms with Crippen LogP contribution in [0.1, 0.15) is 32.6 Å². The molecule has 0 aromatic carbocycles. The van der Waals surface area contributed by atoms with Crippen LogP contribution in [0.3, 0.4) is 0 Å². The molecule has 2 N–H and O–H groups in total. The summed E-state index contributed by atoms with van der Waals surface area (Å²) in [7, 11) is 0. The van der Waals surface area contributed by atoms with Crippen LogP contribution in [0.4, 0.5) is 0 Å². The quantitative estimate of drug-likeness (QED) is 0.462. The lowest BCUT2D eigenvalue weighted by Crippen LogP contribution is -2.52. The number of rotatable bonds is 7. The van der Waals surface area contributed by atoms with Crippen molar-refractivity contribution < 1.29 is 0 Å². The first-order chi connectivity index (χ1) is 6.33. The fraction of sp³-hybridized carbons (Fsp3) is 0.818. The van der Waals surface area contributed by atoms with E-state index in [1.807, 2.05) is 6.08 Å². The van der Waals surface area contributed by atoms with Crippen molar-refractivity contribution in [2.45, 2.75) is 38.1 Å². The molecule has 76 valence electrons. The van der Waals surface area contributed by atoms with Crippen LogP contribution in [0.2, 0.25) is 0 Å². The lowest BCUT2D eigenvalue weighted by molar-refractivity contribution is 0.179. The third-order valence-electron chi connectivity index (χ3n) is 3.08. The first kappa shape index (κ1) is 10.7. The Morgan fingerprint density at radius 2 is 2.15 bits per heavy atom. The zero-order chi connectivity index (χ0) is 9.57. The van der Waals surface area contributed by atoms with Crippen molar-refractivity contribution in [2.75, 3.05) is 19.6 Å². The average molecular weight is 182 g/mol. The highest BCUT2D eigenvalue weighted by atomic mass is 15.0. The second-order valence-electron chi connectivity index (χ2n) is 3.91. The summed E-state index contributed by atoms with van der Waals surface area (Å²) in [6.07, 6.45) is 7.31. The predicted molar refractivity (Wildman–Crippen MR) is 57.9 cm³/mol. The van der Waals surface area contributed by atoms with Gasteiger partial charge in [0.25, 0.3) is 0 Å². The van der Waals surface area contributed by atoms with E-state index >= 15 is 0 Å². The summed E-state index contributed by atoms with van der Waals surface area (Å²) < 4.78 is 0. The molecule has 0 aromatic heterocycles. The highest BCUT2D eigenvalue weighted by molar-refractivity contribution is 4.94. The summed E-state index contributed by atoms with van der Waals surface area (Å²) in [6, 6.07) is 0. The fourth-order valence-electron chi connectivity index (χ4n) is 1.88. The SMILES string of the molecule is C=CCNCCNC1(CC)CCC1. The molecule has 0 aromatic rings. The fourth-order valence-corrected chi connectivity index (χ4v) is 1.88. The monoisotopic (exact) mass is 182 g/mol. The van der Waals surface area contributed by atoms with Gasteiger partial charge in [0.1, 0.15) is 0 Å². The first-order valence-electron chi connectivity index (χ1n) is 5.39. The summed E-state index contributed by atoms with van der Waals surface area (Å²) in [5.74, 6) is 0. The average Bonchev–Trinajstić information content (AvgIpc) is 2.09. The van der Waals surface area contributed by atoms with Crippen molar-refractivity contribution in [1.82, 2.24) is 10.6 Å². The summed E-state index contributed by atoms with van der Waals surface area (Å²) in [5.41, 5.74) is 0.496. The van der Waals surface area contributed by atoms with E-state index < -0.39 is 0 Å². The van der Waals surface area contributed by atoms with Gasteiger partial charge in [-0.05, 0) is 25.7 Å². The van der Waals surface area contributed by atoms with Crippen LogP contribution in [0, 0.1) is 0 Å². The largest absolute Gasteiger partial charge is 0.312 e. The summed E-state index contributed by atoms with van der Waals surface area (Å²) >= 11 is 0. The normalized spacial score (nSPS) is 19.5. The first-order valence-corrected chi connectivity index (χ1v) is 5.39. The highest BCUT2D eigenvalue weighted by Gasteiger charge is 2.33. The third kappa shape index (κ3) is 3.12. The summed E-state index contributed by atoms with van der Waals surface area (Å²) in [6.45, 7) is 9.00. The van der Waals surface area contributed by atoms with E-state index in [9.17, 15) is 0 Å². The van der Waals surface area contributed by atoms with Crippen LogP contribution in [0.25, 0.3) is 0 Å². The van der Waals surface area contributed by atoms with Crippen molar-refractivity contribution in [1.29, 1.82) is 0 Å². The van der Waals surface area contributed by atoms with Crippen molar-refractivity contribution >= 4 is 0 Å². The minimum atomic E-state index is 0.496. The Morgan fingerprint density at radius 1 is 1.38 bits per heavy atom. The Hall–Kier alpha value is -0.340. The summed E-state index contributed by atoms with van der Waals surface area (Å²) in [5, 5.41) is 6.94. The zero-order valence-electron chi connectivity index (χ0n) is 8.73. The van der Waals surface area contributed by atoms with Crippen LogP contribution in [-0.4, -0.2) is 25.2 Å². The maximum absolute atomic E-state index is 3.67. The molecule has 1 fully saturated rings. The van der Waals surface area contributed by atoms with E-state index in [-0.39, 0.29) is 0 Å². The van der Waals surface area contributed by atoms with Crippen LogP contribution in [-0.2, 0) is 0 Å². The van der Waals surface area contributed by atoms with E-state index in [0.717, 1.165) is 19.6 Å². The summed E-state index contributed by atoms with van der Waals surface area (Å²) in [4.78, 5) is 0. The molecule has 0 bridgehead atoms. The van der Waals surface area contributed by atoms with Crippen LogP contribution < -0.4 is 10.6 Å². The van der Waals surface area contributed by atoms with Gasteiger partial charge in [0.05, 0.1) is 0 Å². The van der Waals surface area contributed by atoms with Gasteiger partial charge >= 0.3 is 0 Å². The molecule has 0 atom stereocenters. The van der Waals surface area contributed by atoms with Crippen molar-refractivity contribution in [3.63, 3.8) is 0 Å². The van der Waals surface area contributed by atoms with Crippen molar-refractivity contribution in [3.8, 4) is 0 Å². The molecular formula is C11H22N2. The molecule has 0 aliphatic heterocycles. The van der Waals surface area contributed by atoms with Gasteiger partial charge in [0.2, 0.25) is 0 Å². The van der Waals surface area contributed by atoms with Gasteiger partial charge in [0.15, 0.2) is 0 Å². The molecule has 1 aliphatic rings. The van der Waals surface area contributed by atoms with Gasteiger partial charge in [-0.2, -0.15) is 0 Å². The predicted octanol–water partition coefficient (Wildman–Crippen LogP) is 1.68. The van der Waals surface area contributed by atoms with E-state index in [1.54, 1.807) is 0 Å². The lowest BCUT2D eigenvalue weighted by Gasteiger charge is -2.42. The second-order valence-corrected chi connectivity index (χ2v) is 3.91. The van der Waals surface area contributed by atoms with Gasteiger partial charge in [0, 0.05) is 25.2 Å². The molecule has 1 aliphatic carbocycles. The Labute approximate surface area is 81.8 Å². The molecule has 0 amide bonds. The van der Waals surface area contributed by atoms with Gasteiger partial charge in [-0.3, -0.25) is 0 Å². The van der Waals surface area contributed by atoms with E-state index in [4.69, 9.17) is 0 Å². The maximum atomic E-state index is 3.67. The molecule has 1 rings (SSSR count). The molecule has 0 heterocycles. The van der Waals surface area contributed by atoms with Gasteiger partial charge in [-0.15, -0.1) is 6.58 Å². The molecule has 13 heavy (non-hydrogen) atoms. The van der Waals surface area contributed by atoms with Gasteiger partial charge < -0.3 is 10.6 Å². The maximum Gasteiger partial charge on any atom is 0.0179 e. The number of nitrogens with one attached hydrogen (secondary N) is 2. The third-order valence-corrected chi connectivity index (χ3v) is 3.08. The standard InChI is InChI=1S/C11H22N2/c1-3-8-12-9-10-13-11(4-2)6-5-7-11/h3,12-13H,1,4-10H2,2H3. The molecule has 2 nitrogen and oxygen atoms in total. The van der Waals surface area contributed by atoms with E-state index in [0.29, 0.717) is 5.54 Å². The zero-order valence-corrected chi connectivity index (χ0v) is 8.73. The molecule has 0 unspecified atom stereocenters. The molecule has 0 spiro atoms. The lowest BCUT2D eigenvalue weighted by atomic mass is 9.75. The highest BCUT2D eigenvalue weighted by Crippen LogP contribution is 2.34. The molecule has 0 radical (unpaired) electrons. The van der Waals surface area contributed by atoms with Crippen LogP contribution in [0.5, 0.6) is 0 Å². The molecule has 1 saturated carbocycles. The Balaban J connectivity index is 2.00. The number of hydrogen-bond donors (Lipinski definition) is 2. The van der Waals surface area contributed by atoms with Crippen molar-refractivity contribution in [2.24, 2.45) is 0 Å². The Morgan fingerprint density at radius 3 is 2.62 bits per heavy atom. The van der Waals surface area contributed by atoms with E-state index in [2.05, 4.69) is 24.1 Å². The second kappa shape index (κ2) is 5.40. The molecule has 2 heteroatoms. The van der Waals surface area contributed by atoms with Crippen LogP contribution in [0.15, 0.2) is 12.7 Å². The van der Waals surface area contributed by atoms with Crippen LogP contribution >= 0.6 is 0 Å². The minimum Gasteiger partial charge on any atom is -0.312 e. The smallest absolute Gasteiger partial charge is 0.0179 e. The Kier molecular flexibility index (Phi) is 4.46. The molecular weight excluding hydrogens is 160 g/mol. The Bertz CT molecular complexity index is 145. The number of hydrogen-bond acceptors (Lipinski definition) is 2.